The van der Waals surface area contributed by atoms with Crippen LogP contribution in [0.4, 0.5) is 5.82 Å². The molecule has 3 aromatic rings. The van der Waals surface area contributed by atoms with Gasteiger partial charge in [0.25, 0.3) is 5.91 Å². The van der Waals surface area contributed by atoms with E-state index < -0.39 is 0 Å². The van der Waals surface area contributed by atoms with Gasteiger partial charge in [-0.05, 0) is 55.2 Å². The van der Waals surface area contributed by atoms with Crippen LogP contribution in [0.2, 0.25) is 0 Å². The van der Waals surface area contributed by atoms with Crippen molar-refractivity contribution in [2.75, 3.05) is 5.32 Å². The molecule has 2 atom stereocenters. The number of aromatic nitrogens is 3. The first kappa shape index (κ1) is 19.7. The normalized spacial score (nSPS) is 16.0. The van der Waals surface area contributed by atoms with Gasteiger partial charge in [0, 0.05) is 35.9 Å². The lowest BCUT2D eigenvalue weighted by Gasteiger charge is -2.18. The lowest BCUT2D eigenvalue weighted by Crippen LogP contribution is -2.24. The van der Waals surface area contributed by atoms with E-state index in [0.29, 0.717) is 18.1 Å². The van der Waals surface area contributed by atoms with Crippen molar-refractivity contribution in [1.29, 1.82) is 0 Å². The molecular weight excluding hydrogens is 378 g/mol. The van der Waals surface area contributed by atoms with Crippen LogP contribution in [0.15, 0.2) is 48.8 Å². The largest absolute Gasteiger partial charge is 0.347 e. The smallest absolute Gasteiger partial charge is 0.270 e. The Bertz CT molecular complexity index is 1090. The standard InChI is InChI=1S/C23H23N5O2/c1-13-9-16(10-14(2)27-13)11-26-22(29)19-7-6-17(12-25-19)15(3)20-18-5-4-8-24-21(18)28-23(20)30/h4-10,12,15,20H,11H2,1-3H3,(H,26,29)(H,24,28,30). The van der Waals surface area contributed by atoms with E-state index in [2.05, 4.69) is 25.6 Å². The van der Waals surface area contributed by atoms with Crippen LogP contribution in [-0.4, -0.2) is 26.8 Å². The molecule has 4 heterocycles. The van der Waals surface area contributed by atoms with E-state index in [4.69, 9.17) is 0 Å². The van der Waals surface area contributed by atoms with Gasteiger partial charge in [0.2, 0.25) is 5.91 Å². The number of anilines is 1. The summed E-state index contributed by atoms with van der Waals surface area (Å²) in [6.07, 6.45) is 3.33. The molecule has 2 N–H and O–H groups in total. The summed E-state index contributed by atoms with van der Waals surface area (Å²) in [6.45, 7) is 6.25. The molecule has 4 rings (SSSR count). The highest BCUT2D eigenvalue weighted by molar-refractivity contribution is 6.02. The molecule has 3 aromatic heterocycles. The first-order valence-electron chi connectivity index (χ1n) is 9.86. The molecule has 0 fully saturated rings. The van der Waals surface area contributed by atoms with Crippen molar-refractivity contribution in [2.45, 2.75) is 39.2 Å². The van der Waals surface area contributed by atoms with Gasteiger partial charge in [0.1, 0.15) is 11.5 Å². The van der Waals surface area contributed by atoms with E-state index in [1.165, 1.54) is 0 Å². The molecule has 30 heavy (non-hydrogen) atoms. The predicted molar refractivity (Wildman–Crippen MR) is 113 cm³/mol. The van der Waals surface area contributed by atoms with Crippen LogP contribution < -0.4 is 10.6 Å². The zero-order chi connectivity index (χ0) is 21.3. The molecule has 1 aliphatic rings. The van der Waals surface area contributed by atoms with Crippen LogP contribution in [0, 0.1) is 13.8 Å². The summed E-state index contributed by atoms with van der Waals surface area (Å²) in [7, 11) is 0. The molecule has 2 amide bonds. The van der Waals surface area contributed by atoms with Gasteiger partial charge in [0.05, 0.1) is 5.92 Å². The summed E-state index contributed by atoms with van der Waals surface area (Å²) in [6, 6.07) is 11.2. The third kappa shape index (κ3) is 3.91. The highest BCUT2D eigenvalue weighted by Gasteiger charge is 2.36. The fourth-order valence-corrected chi connectivity index (χ4v) is 3.90. The molecule has 0 saturated carbocycles. The van der Waals surface area contributed by atoms with E-state index in [-0.39, 0.29) is 23.7 Å². The van der Waals surface area contributed by atoms with Crippen molar-refractivity contribution in [3.63, 3.8) is 0 Å². The number of aryl methyl sites for hydroxylation is 2. The van der Waals surface area contributed by atoms with Crippen molar-refractivity contribution in [3.8, 4) is 0 Å². The summed E-state index contributed by atoms with van der Waals surface area (Å²) < 4.78 is 0. The SMILES string of the molecule is Cc1cc(CNC(=O)c2ccc(C(C)C3C(=O)Nc4ncccc43)cn2)cc(C)n1. The lowest BCUT2D eigenvalue weighted by atomic mass is 9.84. The number of hydrogen-bond acceptors (Lipinski definition) is 5. The Morgan fingerprint density at radius 3 is 2.63 bits per heavy atom. The number of fused-ring (bicyclic) bond motifs is 1. The number of carbonyl (C=O) groups is 2. The fourth-order valence-electron chi connectivity index (χ4n) is 3.90. The Hall–Kier alpha value is -3.61. The number of rotatable bonds is 5. The van der Waals surface area contributed by atoms with E-state index in [1.54, 1.807) is 18.5 Å². The molecule has 7 heteroatoms. The molecule has 0 aliphatic carbocycles. The van der Waals surface area contributed by atoms with Gasteiger partial charge in [-0.25, -0.2) is 4.98 Å². The maximum Gasteiger partial charge on any atom is 0.270 e. The van der Waals surface area contributed by atoms with Crippen molar-refractivity contribution < 1.29 is 9.59 Å². The van der Waals surface area contributed by atoms with Crippen LogP contribution in [0.3, 0.4) is 0 Å². The topological polar surface area (TPSA) is 96.9 Å². The summed E-state index contributed by atoms with van der Waals surface area (Å²) in [5.74, 6) is -0.114. The Morgan fingerprint density at radius 1 is 1.17 bits per heavy atom. The highest BCUT2D eigenvalue weighted by atomic mass is 16.2. The first-order chi connectivity index (χ1) is 14.4. The molecule has 0 bridgehead atoms. The third-order valence-electron chi connectivity index (χ3n) is 5.34. The molecule has 7 nitrogen and oxygen atoms in total. The molecule has 0 aromatic carbocycles. The zero-order valence-electron chi connectivity index (χ0n) is 17.1. The predicted octanol–water partition coefficient (Wildman–Crippen LogP) is 3.26. The van der Waals surface area contributed by atoms with Crippen molar-refractivity contribution in [2.24, 2.45) is 0 Å². The number of nitrogens with zero attached hydrogens (tertiary/aromatic N) is 3. The molecule has 0 spiro atoms. The second-order valence-corrected chi connectivity index (χ2v) is 7.61. The summed E-state index contributed by atoms with van der Waals surface area (Å²) in [5, 5.41) is 5.72. The Labute approximate surface area is 175 Å². The van der Waals surface area contributed by atoms with Crippen molar-refractivity contribution >= 4 is 17.6 Å². The van der Waals surface area contributed by atoms with E-state index >= 15 is 0 Å². The Kier molecular flexibility index (Phi) is 5.27. The third-order valence-corrected chi connectivity index (χ3v) is 5.34. The van der Waals surface area contributed by atoms with Gasteiger partial charge >= 0.3 is 0 Å². The van der Waals surface area contributed by atoms with Gasteiger partial charge in [-0.1, -0.05) is 19.1 Å². The average molecular weight is 401 g/mol. The lowest BCUT2D eigenvalue weighted by molar-refractivity contribution is -0.117. The maximum absolute atomic E-state index is 12.5. The summed E-state index contributed by atoms with van der Waals surface area (Å²) in [5.41, 5.74) is 4.96. The minimum atomic E-state index is -0.326. The monoisotopic (exact) mass is 401 g/mol. The molecular formula is C23H23N5O2. The van der Waals surface area contributed by atoms with Crippen LogP contribution in [0.5, 0.6) is 0 Å². The minimum absolute atomic E-state index is 0.0686. The van der Waals surface area contributed by atoms with Crippen LogP contribution in [0.25, 0.3) is 0 Å². The van der Waals surface area contributed by atoms with Crippen LogP contribution in [-0.2, 0) is 11.3 Å². The summed E-state index contributed by atoms with van der Waals surface area (Å²) in [4.78, 5) is 37.8. The van der Waals surface area contributed by atoms with Crippen molar-refractivity contribution in [1.82, 2.24) is 20.3 Å². The maximum atomic E-state index is 12.5. The van der Waals surface area contributed by atoms with Crippen molar-refractivity contribution in [3.05, 3.63) is 82.6 Å². The van der Waals surface area contributed by atoms with Gasteiger partial charge in [-0.15, -0.1) is 0 Å². The quantitative estimate of drug-likeness (QED) is 0.684. The second kappa shape index (κ2) is 8.02. The second-order valence-electron chi connectivity index (χ2n) is 7.61. The van der Waals surface area contributed by atoms with Gasteiger partial charge in [0.15, 0.2) is 0 Å². The Morgan fingerprint density at radius 2 is 1.93 bits per heavy atom. The Balaban J connectivity index is 1.45. The average Bonchev–Trinajstić information content (AvgIpc) is 3.06. The van der Waals surface area contributed by atoms with E-state index in [9.17, 15) is 9.59 Å². The molecule has 0 saturated heterocycles. The number of carbonyl (C=O) groups excluding carboxylic acids is 2. The van der Waals surface area contributed by atoms with E-state index in [0.717, 1.165) is 28.1 Å². The van der Waals surface area contributed by atoms with Crippen LogP contribution >= 0.6 is 0 Å². The molecule has 2 unspecified atom stereocenters. The highest BCUT2D eigenvalue weighted by Crippen LogP contribution is 2.40. The van der Waals surface area contributed by atoms with Crippen LogP contribution in [0.1, 0.15) is 57.3 Å². The van der Waals surface area contributed by atoms with Gasteiger partial charge < -0.3 is 10.6 Å². The fraction of sp³-hybridized carbons (Fsp3) is 0.261. The molecule has 152 valence electrons. The van der Waals surface area contributed by atoms with E-state index in [1.807, 2.05) is 51.1 Å². The first-order valence-corrected chi connectivity index (χ1v) is 9.86. The number of hydrogen-bond donors (Lipinski definition) is 2. The number of nitrogens with one attached hydrogen (secondary N) is 2. The van der Waals surface area contributed by atoms with Gasteiger partial charge in [-0.3, -0.25) is 19.6 Å². The van der Waals surface area contributed by atoms with Gasteiger partial charge in [-0.2, -0.15) is 0 Å². The minimum Gasteiger partial charge on any atom is -0.347 e. The zero-order valence-corrected chi connectivity index (χ0v) is 17.1. The number of amides is 2. The number of pyridine rings is 3. The molecule has 0 radical (unpaired) electrons. The summed E-state index contributed by atoms with van der Waals surface area (Å²) >= 11 is 0. The molecule has 1 aliphatic heterocycles.